The maximum Gasteiger partial charge on any atom is 0.238 e. The molecule has 0 aliphatic heterocycles. The van der Waals surface area contributed by atoms with E-state index in [1.54, 1.807) is 31.2 Å². The largest absolute Gasteiger partial charge is 0.381 e. The van der Waals surface area contributed by atoms with E-state index in [9.17, 15) is 12.8 Å². The summed E-state index contributed by atoms with van der Waals surface area (Å²) in [6, 6.07) is 9.62. The van der Waals surface area contributed by atoms with Crippen LogP contribution in [0.2, 0.25) is 0 Å². The molecule has 0 aliphatic rings. The van der Waals surface area contributed by atoms with Gasteiger partial charge in [-0.3, -0.25) is 0 Å². The highest BCUT2D eigenvalue weighted by Gasteiger charge is 2.12. The van der Waals surface area contributed by atoms with Crippen LogP contribution in [0.25, 0.3) is 0 Å². The van der Waals surface area contributed by atoms with Gasteiger partial charge in [0.1, 0.15) is 5.82 Å². The number of hydrogen-bond donors (Lipinski definition) is 2. The molecule has 0 bridgehead atoms. The van der Waals surface area contributed by atoms with Gasteiger partial charge in [0.15, 0.2) is 0 Å². The van der Waals surface area contributed by atoms with Crippen LogP contribution in [0.1, 0.15) is 11.1 Å². The number of benzene rings is 2. The van der Waals surface area contributed by atoms with Gasteiger partial charge in [0, 0.05) is 12.2 Å². The second-order valence-electron chi connectivity index (χ2n) is 4.63. The molecule has 0 saturated heterocycles. The minimum absolute atomic E-state index is 0.0905. The number of nitrogens with one attached hydrogen (secondary N) is 1. The minimum Gasteiger partial charge on any atom is -0.381 e. The van der Waals surface area contributed by atoms with E-state index >= 15 is 0 Å². The van der Waals surface area contributed by atoms with Crippen LogP contribution in [-0.4, -0.2) is 8.42 Å². The Balaban J connectivity index is 2.19. The van der Waals surface area contributed by atoms with Crippen LogP contribution >= 0.6 is 15.9 Å². The predicted molar refractivity (Wildman–Crippen MR) is 84.0 cm³/mol. The molecule has 0 fully saturated rings. The molecule has 0 atom stereocenters. The van der Waals surface area contributed by atoms with Gasteiger partial charge >= 0.3 is 0 Å². The van der Waals surface area contributed by atoms with E-state index in [0.29, 0.717) is 22.3 Å². The number of aryl methyl sites for hydroxylation is 1. The Morgan fingerprint density at radius 2 is 1.95 bits per heavy atom. The third-order valence-electron chi connectivity index (χ3n) is 2.98. The first kappa shape index (κ1) is 15.9. The smallest absolute Gasteiger partial charge is 0.238 e. The first-order valence-electron chi connectivity index (χ1n) is 6.08. The molecule has 4 nitrogen and oxygen atoms in total. The molecule has 0 aromatic heterocycles. The normalized spacial score (nSPS) is 11.4. The fraction of sp³-hybridized carbons (Fsp3) is 0.143. The molecule has 2 aromatic carbocycles. The van der Waals surface area contributed by atoms with E-state index in [2.05, 4.69) is 21.2 Å². The van der Waals surface area contributed by atoms with Crippen molar-refractivity contribution in [3.05, 3.63) is 57.8 Å². The topological polar surface area (TPSA) is 72.2 Å². The number of sulfonamides is 1. The lowest BCUT2D eigenvalue weighted by Crippen LogP contribution is -2.14. The lowest BCUT2D eigenvalue weighted by molar-refractivity contribution is 0.597. The van der Waals surface area contributed by atoms with Crippen molar-refractivity contribution >= 4 is 31.6 Å². The van der Waals surface area contributed by atoms with Crippen molar-refractivity contribution in [1.29, 1.82) is 0 Å². The van der Waals surface area contributed by atoms with Gasteiger partial charge in [-0.2, -0.15) is 0 Å². The molecule has 0 amide bonds. The van der Waals surface area contributed by atoms with Gasteiger partial charge in [-0.1, -0.05) is 12.1 Å². The molecule has 21 heavy (non-hydrogen) atoms. The summed E-state index contributed by atoms with van der Waals surface area (Å²) in [6.07, 6.45) is 0. The Bertz CT molecular complexity index is 779. The maximum atomic E-state index is 13.1. The number of nitrogens with two attached hydrogens (primary N) is 1. The molecule has 2 rings (SSSR count). The summed E-state index contributed by atoms with van der Waals surface area (Å²) < 4.78 is 36.5. The third kappa shape index (κ3) is 4.03. The molecular weight excluding hydrogens is 359 g/mol. The van der Waals surface area contributed by atoms with E-state index < -0.39 is 10.0 Å². The van der Waals surface area contributed by atoms with Crippen LogP contribution in [0.5, 0.6) is 0 Å². The second-order valence-corrected chi connectivity index (χ2v) is 7.01. The second kappa shape index (κ2) is 6.13. The highest BCUT2D eigenvalue weighted by Crippen LogP contribution is 2.21. The number of rotatable bonds is 4. The van der Waals surface area contributed by atoms with E-state index in [1.807, 2.05) is 0 Å². The van der Waals surface area contributed by atoms with E-state index in [4.69, 9.17) is 5.14 Å². The number of halogens is 2. The zero-order valence-electron chi connectivity index (χ0n) is 11.2. The summed E-state index contributed by atoms with van der Waals surface area (Å²) in [4.78, 5) is 0.0905. The van der Waals surface area contributed by atoms with Crippen molar-refractivity contribution in [1.82, 2.24) is 0 Å². The fourth-order valence-electron chi connectivity index (χ4n) is 1.87. The lowest BCUT2D eigenvalue weighted by Gasteiger charge is -2.10. The summed E-state index contributed by atoms with van der Waals surface area (Å²) >= 11 is 3.12. The average Bonchev–Trinajstić information content (AvgIpc) is 2.40. The Hall–Kier alpha value is -1.44. The first-order chi connectivity index (χ1) is 9.77. The van der Waals surface area contributed by atoms with Gasteiger partial charge < -0.3 is 5.32 Å². The summed E-state index contributed by atoms with van der Waals surface area (Å²) in [7, 11) is -3.75. The quantitative estimate of drug-likeness (QED) is 0.865. The maximum absolute atomic E-state index is 13.1. The van der Waals surface area contributed by atoms with Crippen molar-refractivity contribution in [3.63, 3.8) is 0 Å². The Morgan fingerprint density at radius 1 is 1.24 bits per heavy atom. The first-order valence-corrected chi connectivity index (χ1v) is 8.42. The van der Waals surface area contributed by atoms with Crippen LogP contribution in [0.3, 0.4) is 0 Å². The van der Waals surface area contributed by atoms with Crippen molar-refractivity contribution in [2.75, 3.05) is 5.32 Å². The van der Waals surface area contributed by atoms with Crippen molar-refractivity contribution in [2.45, 2.75) is 18.4 Å². The number of anilines is 1. The van der Waals surface area contributed by atoms with Crippen LogP contribution in [0, 0.1) is 12.7 Å². The van der Waals surface area contributed by atoms with Crippen LogP contribution < -0.4 is 10.5 Å². The third-order valence-corrected chi connectivity index (χ3v) is 4.64. The highest BCUT2D eigenvalue weighted by molar-refractivity contribution is 9.10. The van der Waals surface area contributed by atoms with E-state index in [1.165, 1.54) is 12.1 Å². The molecule has 0 heterocycles. The van der Waals surface area contributed by atoms with Gasteiger partial charge in [-0.15, -0.1) is 0 Å². The predicted octanol–water partition coefficient (Wildman–Crippen LogP) is 3.16. The fourth-order valence-corrected chi connectivity index (χ4v) is 3.10. The summed E-state index contributed by atoms with van der Waals surface area (Å²) in [5, 5.41) is 8.25. The standard InChI is InChI=1S/C14H14BrFN2O2S/c1-9-2-4-11(7-14(9)21(17,19)20)18-8-10-3-5-13(16)12(15)6-10/h2-7,18H,8H2,1H3,(H2,17,19,20). The molecule has 7 heteroatoms. The summed E-state index contributed by atoms with van der Waals surface area (Å²) in [6.45, 7) is 2.12. The van der Waals surface area contributed by atoms with Crippen LogP contribution in [0.4, 0.5) is 10.1 Å². The average molecular weight is 373 g/mol. The SMILES string of the molecule is Cc1ccc(NCc2ccc(F)c(Br)c2)cc1S(N)(=O)=O. The Labute approximate surface area is 131 Å². The van der Waals surface area contributed by atoms with Gasteiger partial charge in [0.2, 0.25) is 10.0 Å². The molecule has 112 valence electrons. The lowest BCUT2D eigenvalue weighted by atomic mass is 10.2. The van der Waals surface area contributed by atoms with E-state index in [0.717, 1.165) is 5.56 Å². The van der Waals surface area contributed by atoms with Gasteiger partial charge in [0.05, 0.1) is 9.37 Å². The Kier molecular flexibility index (Phi) is 4.65. The number of hydrogen-bond acceptors (Lipinski definition) is 3. The van der Waals surface area contributed by atoms with Crippen molar-refractivity contribution < 1.29 is 12.8 Å². The molecule has 0 aliphatic carbocycles. The summed E-state index contributed by atoms with van der Waals surface area (Å²) in [5.41, 5.74) is 2.08. The van der Waals surface area contributed by atoms with Crippen molar-refractivity contribution in [3.8, 4) is 0 Å². The molecule has 3 N–H and O–H groups in total. The molecular formula is C14H14BrFN2O2S. The molecule has 0 radical (unpaired) electrons. The Morgan fingerprint density at radius 3 is 2.57 bits per heavy atom. The number of primary sulfonamides is 1. The monoisotopic (exact) mass is 372 g/mol. The molecule has 0 saturated carbocycles. The molecule has 0 unspecified atom stereocenters. The highest BCUT2D eigenvalue weighted by atomic mass is 79.9. The van der Waals surface area contributed by atoms with Gasteiger partial charge in [0.25, 0.3) is 0 Å². The van der Waals surface area contributed by atoms with Gasteiger partial charge in [-0.05, 0) is 58.2 Å². The molecule has 0 spiro atoms. The minimum atomic E-state index is -3.75. The zero-order valence-corrected chi connectivity index (χ0v) is 13.6. The summed E-state index contributed by atoms with van der Waals surface area (Å²) in [5.74, 6) is -0.328. The van der Waals surface area contributed by atoms with Crippen molar-refractivity contribution in [2.24, 2.45) is 5.14 Å². The molecule has 2 aromatic rings. The van der Waals surface area contributed by atoms with Crippen LogP contribution in [-0.2, 0) is 16.6 Å². The zero-order chi connectivity index (χ0) is 15.6. The van der Waals surface area contributed by atoms with Crippen LogP contribution in [0.15, 0.2) is 45.8 Å². The van der Waals surface area contributed by atoms with E-state index in [-0.39, 0.29) is 10.7 Å². The van der Waals surface area contributed by atoms with Gasteiger partial charge in [-0.25, -0.2) is 17.9 Å².